The third-order valence-corrected chi connectivity index (χ3v) is 6.17. The molecule has 37 heavy (non-hydrogen) atoms. The van der Waals surface area contributed by atoms with Gasteiger partial charge in [0.15, 0.2) is 11.5 Å². The predicted octanol–water partition coefficient (Wildman–Crippen LogP) is 4.56. The maximum Gasteiger partial charge on any atom is 0.300 e. The van der Waals surface area contributed by atoms with Gasteiger partial charge in [0, 0.05) is 23.4 Å². The molecule has 3 aromatic carbocycles. The average Bonchev–Trinajstić information content (AvgIpc) is 3.17. The lowest BCUT2D eigenvalue weighted by atomic mass is 9.94. The molecule has 1 aliphatic rings. The summed E-state index contributed by atoms with van der Waals surface area (Å²) in [6, 6.07) is 14.3. The van der Waals surface area contributed by atoms with E-state index in [0.717, 1.165) is 5.56 Å². The molecule has 10 heteroatoms. The van der Waals surface area contributed by atoms with Crippen LogP contribution in [-0.4, -0.2) is 43.0 Å². The summed E-state index contributed by atoms with van der Waals surface area (Å²) in [6.07, 6.45) is 0. The molecule has 3 aromatic rings. The fraction of sp³-hybridized carbons (Fsp3) is 0.185. The summed E-state index contributed by atoms with van der Waals surface area (Å²) >= 11 is 0. The molecular weight excluding hydrogens is 480 g/mol. The first-order chi connectivity index (χ1) is 17.7. The van der Waals surface area contributed by atoms with Crippen molar-refractivity contribution >= 4 is 28.8 Å². The Labute approximate surface area is 212 Å². The summed E-state index contributed by atoms with van der Waals surface area (Å²) < 4.78 is 16.4. The molecule has 190 valence electrons. The fourth-order valence-corrected chi connectivity index (χ4v) is 4.39. The first-order valence-electron chi connectivity index (χ1n) is 11.1. The first-order valence-corrected chi connectivity index (χ1v) is 11.1. The van der Waals surface area contributed by atoms with E-state index in [1.165, 1.54) is 50.5 Å². The molecule has 0 spiro atoms. The van der Waals surface area contributed by atoms with Gasteiger partial charge in [0.1, 0.15) is 5.76 Å². The van der Waals surface area contributed by atoms with Crippen molar-refractivity contribution in [1.82, 2.24) is 0 Å². The number of hydrogen-bond acceptors (Lipinski definition) is 8. The number of carbonyl (C=O) groups is 2. The number of methoxy groups -OCH3 is 3. The summed E-state index contributed by atoms with van der Waals surface area (Å²) in [5, 5.41) is 22.3. The van der Waals surface area contributed by atoms with E-state index in [4.69, 9.17) is 14.2 Å². The van der Waals surface area contributed by atoms with Crippen molar-refractivity contribution in [3.05, 3.63) is 93.0 Å². The fourth-order valence-electron chi connectivity index (χ4n) is 4.39. The number of Topliss-reactive ketones (excluding diaryl/α,β-unsaturated/α-hetero) is 1. The molecule has 1 saturated heterocycles. The summed E-state index contributed by atoms with van der Waals surface area (Å²) in [5.74, 6) is -1.31. The third-order valence-electron chi connectivity index (χ3n) is 6.17. The van der Waals surface area contributed by atoms with Gasteiger partial charge in [-0.3, -0.25) is 24.6 Å². The lowest BCUT2D eigenvalue weighted by molar-refractivity contribution is -0.384. The van der Waals surface area contributed by atoms with Crippen LogP contribution in [0.1, 0.15) is 22.7 Å². The van der Waals surface area contributed by atoms with Gasteiger partial charge in [-0.15, -0.1) is 0 Å². The smallest absolute Gasteiger partial charge is 0.300 e. The number of nitro groups is 1. The number of anilines is 1. The zero-order valence-electron chi connectivity index (χ0n) is 20.6. The van der Waals surface area contributed by atoms with Crippen LogP contribution in [0.4, 0.5) is 11.4 Å². The molecule has 1 aliphatic heterocycles. The second-order valence-electron chi connectivity index (χ2n) is 8.22. The maximum atomic E-state index is 13.4. The molecule has 1 amide bonds. The van der Waals surface area contributed by atoms with Crippen molar-refractivity contribution in [2.24, 2.45) is 0 Å². The SMILES string of the molecule is COc1cc(C2/C(=C(\O)c3ccc([N+](=O)[O-])cc3)C(=O)C(=O)N2c2ccccc2C)cc(OC)c1OC. The largest absolute Gasteiger partial charge is 0.507 e. The Morgan fingerprint density at radius 1 is 0.946 bits per heavy atom. The Bertz CT molecular complexity index is 1400. The van der Waals surface area contributed by atoms with Crippen molar-refractivity contribution in [1.29, 1.82) is 0 Å². The van der Waals surface area contributed by atoms with Crippen molar-refractivity contribution in [2.75, 3.05) is 26.2 Å². The molecule has 0 bridgehead atoms. The van der Waals surface area contributed by atoms with Crippen LogP contribution < -0.4 is 19.1 Å². The molecule has 0 aromatic heterocycles. The number of non-ortho nitro benzene ring substituents is 1. The van der Waals surface area contributed by atoms with E-state index in [1.807, 2.05) is 0 Å². The highest BCUT2D eigenvalue weighted by Gasteiger charge is 2.47. The van der Waals surface area contributed by atoms with E-state index in [-0.39, 0.29) is 16.8 Å². The number of aliphatic hydroxyl groups is 1. The second kappa shape index (κ2) is 10.0. The number of aliphatic hydroxyl groups excluding tert-OH is 1. The number of ether oxygens (including phenoxy) is 3. The molecule has 0 aliphatic carbocycles. The van der Waals surface area contributed by atoms with Gasteiger partial charge in [-0.2, -0.15) is 0 Å². The van der Waals surface area contributed by atoms with Crippen LogP contribution in [0.3, 0.4) is 0 Å². The summed E-state index contributed by atoms with van der Waals surface area (Å²) in [5.41, 5.74) is 1.41. The van der Waals surface area contributed by atoms with Crippen molar-refractivity contribution in [3.63, 3.8) is 0 Å². The zero-order valence-corrected chi connectivity index (χ0v) is 20.6. The van der Waals surface area contributed by atoms with Gasteiger partial charge in [0.25, 0.3) is 17.4 Å². The van der Waals surface area contributed by atoms with Crippen molar-refractivity contribution < 1.29 is 33.8 Å². The van der Waals surface area contributed by atoms with Gasteiger partial charge in [-0.05, 0) is 48.4 Å². The monoisotopic (exact) mass is 504 g/mol. The first kappa shape index (κ1) is 25.2. The van der Waals surface area contributed by atoms with E-state index in [1.54, 1.807) is 43.3 Å². The molecule has 4 rings (SSSR count). The third kappa shape index (κ3) is 4.33. The molecule has 1 heterocycles. The molecule has 1 N–H and O–H groups in total. The number of benzene rings is 3. The zero-order chi connectivity index (χ0) is 26.9. The van der Waals surface area contributed by atoms with Gasteiger partial charge in [0.2, 0.25) is 5.75 Å². The minimum absolute atomic E-state index is 0.144. The number of nitrogens with zero attached hydrogens (tertiary/aromatic N) is 2. The van der Waals surface area contributed by atoms with E-state index in [0.29, 0.717) is 28.5 Å². The minimum atomic E-state index is -1.06. The van der Waals surface area contributed by atoms with Crippen LogP contribution in [0.2, 0.25) is 0 Å². The molecule has 1 fully saturated rings. The highest BCUT2D eigenvalue weighted by molar-refractivity contribution is 6.51. The number of hydrogen-bond donors (Lipinski definition) is 1. The lowest BCUT2D eigenvalue weighted by Crippen LogP contribution is -2.30. The Morgan fingerprint density at radius 3 is 2.05 bits per heavy atom. The van der Waals surface area contributed by atoms with E-state index >= 15 is 0 Å². The minimum Gasteiger partial charge on any atom is -0.507 e. The number of carbonyl (C=O) groups excluding carboxylic acids is 2. The Hall–Kier alpha value is -4.86. The van der Waals surface area contributed by atoms with Crippen LogP contribution in [0.15, 0.2) is 66.2 Å². The van der Waals surface area contributed by atoms with E-state index in [9.17, 15) is 24.8 Å². The number of rotatable bonds is 7. The Balaban J connectivity index is 2.01. The normalized spacial score (nSPS) is 16.5. The van der Waals surface area contributed by atoms with Gasteiger partial charge < -0.3 is 19.3 Å². The highest BCUT2D eigenvalue weighted by atomic mass is 16.6. The van der Waals surface area contributed by atoms with E-state index in [2.05, 4.69) is 0 Å². The van der Waals surface area contributed by atoms with Crippen LogP contribution >= 0.6 is 0 Å². The summed E-state index contributed by atoms with van der Waals surface area (Å²) in [6.45, 7) is 1.80. The number of nitro benzene ring substituents is 1. The average molecular weight is 504 g/mol. The van der Waals surface area contributed by atoms with Gasteiger partial charge >= 0.3 is 0 Å². The molecule has 0 saturated carbocycles. The van der Waals surface area contributed by atoms with Crippen LogP contribution in [-0.2, 0) is 9.59 Å². The Morgan fingerprint density at radius 2 is 1.54 bits per heavy atom. The summed E-state index contributed by atoms with van der Waals surface area (Å²) in [7, 11) is 4.33. The number of amides is 1. The lowest BCUT2D eigenvalue weighted by Gasteiger charge is -2.27. The highest BCUT2D eigenvalue weighted by Crippen LogP contribution is 2.47. The topological polar surface area (TPSA) is 128 Å². The van der Waals surface area contributed by atoms with Gasteiger partial charge in [-0.25, -0.2) is 0 Å². The van der Waals surface area contributed by atoms with Crippen LogP contribution in [0, 0.1) is 17.0 Å². The molecule has 1 unspecified atom stereocenters. The van der Waals surface area contributed by atoms with Crippen molar-refractivity contribution in [2.45, 2.75) is 13.0 Å². The van der Waals surface area contributed by atoms with Crippen LogP contribution in [0.25, 0.3) is 5.76 Å². The van der Waals surface area contributed by atoms with Gasteiger partial charge in [0.05, 0.1) is 37.9 Å². The van der Waals surface area contributed by atoms with E-state index < -0.39 is 28.4 Å². The summed E-state index contributed by atoms with van der Waals surface area (Å²) in [4.78, 5) is 38.6. The van der Waals surface area contributed by atoms with Crippen molar-refractivity contribution in [3.8, 4) is 17.2 Å². The standard InChI is InChI=1S/C27H24N2O8/c1-15-7-5-6-8-19(15)28-23(17-13-20(35-2)26(37-4)21(14-17)36-3)22(25(31)27(28)32)24(30)16-9-11-18(12-10-16)29(33)34/h5-14,23,30H,1-4H3/b24-22+. The predicted molar refractivity (Wildman–Crippen MR) is 135 cm³/mol. The molecular formula is C27H24N2O8. The second-order valence-corrected chi connectivity index (χ2v) is 8.22. The molecule has 10 nitrogen and oxygen atoms in total. The quantitative estimate of drug-likeness (QED) is 0.163. The number of para-hydroxylation sites is 1. The van der Waals surface area contributed by atoms with Gasteiger partial charge in [-0.1, -0.05) is 18.2 Å². The molecule has 0 radical (unpaired) electrons. The maximum absolute atomic E-state index is 13.4. The Kier molecular flexibility index (Phi) is 6.83. The van der Waals surface area contributed by atoms with Crippen LogP contribution in [0.5, 0.6) is 17.2 Å². The molecule has 1 atom stereocenters. The number of aryl methyl sites for hydroxylation is 1. The number of ketones is 1.